The Hall–Kier alpha value is -1.88. The smallest absolute Gasteiger partial charge is 0.244 e. The summed E-state index contributed by atoms with van der Waals surface area (Å²) in [6, 6.07) is 7.18. The van der Waals surface area contributed by atoms with Gasteiger partial charge in [0.25, 0.3) is 0 Å². The van der Waals surface area contributed by atoms with Gasteiger partial charge in [0.1, 0.15) is 6.04 Å². The van der Waals surface area contributed by atoms with Gasteiger partial charge in [0.05, 0.1) is 0 Å². The van der Waals surface area contributed by atoms with Crippen LogP contribution in [0.5, 0.6) is 0 Å². The maximum Gasteiger partial charge on any atom is 0.244 e. The molecule has 5 heteroatoms. The molecule has 0 radical (unpaired) electrons. The van der Waals surface area contributed by atoms with Crippen LogP contribution in [0.2, 0.25) is 0 Å². The van der Waals surface area contributed by atoms with Crippen molar-refractivity contribution in [1.29, 1.82) is 0 Å². The fourth-order valence-corrected chi connectivity index (χ4v) is 4.11. The molecule has 0 spiro atoms. The molecule has 3 rings (SSSR count). The molecule has 2 fully saturated rings. The molecule has 2 aliphatic rings. The molecule has 0 aromatic heterocycles. The molecule has 1 aromatic carbocycles. The maximum absolute atomic E-state index is 12.8. The van der Waals surface area contributed by atoms with Crippen LogP contribution < -0.4 is 5.73 Å². The number of likely N-dealkylation sites (tertiary alicyclic amines) is 2. The molecule has 2 aliphatic heterocycles. The highest BCUT2D eigenvalue weighted by Crippen LogP contribution is 2.25. The van der Waals surface area contributed by atoms with Crippen molar-refractivity contribution in [2.24, 2.45) is 17.6 Å². The SMILES string of the molecule is Cc1ccc(C(N)C(=O)N2CCC(C(=O)N3CCCC(C)C3)CC2)cc1. The Kier molecular flexibility index (Phi) is 5.97. The summed E-state index contributed by atoms with van der Waals surface area (Å²) in [4.78, 5) is 29.3. The molecule has 2 N–H and O–H groups in total. The van der Waals surface area contributed by atoms with Gasteiger partial charge in [0.15, 0.2) is 0 Å². The molecule has 5 nitrogen and oxygen atoms in total. The summed E-state index contributed by atoms with van der Waals surface area (Å²) in [6.07, 6.45) is 3.81. The van der Waals surface area contributed by atoms with Gasteiger partial charge in [0, 0.05) is 32.1 Å². The standard InChI is InChI=1S/C21H31N3O2/c1-15-5-7-17(8-6-15)19(22)21(26)23-12-9-18(10-13-23)20(25)24-11-3-4-16(2)14-24/h5-8,16,18-19H,3-4,9-14,22H2,1-2H3. The van der Waals surface area contributed by atoms with Gasteiger partial charge in [0.2, 0.25) is 11.8 Å². The van der Waals surface area contributed by atoms with Crippen molar-refractivity contribution < 1.29 is 9.59 Å². The molecule has 2 atom stereocenters. The molecule has 0 saturated carbocycles. The number of hydrogen-bond acceptors (Lipinski definition) is 3. The second kappa shape index (κ2) is 8.21. The van der Waals surface area contributed by atoms with Gasteiger partial charge in [-0.2, -0.15) is 0 Å². The fraction of sp³-hybridized carbons (Fsp3) is 0.619. The van der Waals surface area contributed by atoms with Gasteiger partial charge in [-0.1, -0.05) is 36.8 Å². The average Bonchev–Trinajstić information content (AvgIpc) is 2.67. The fourth-order valence-electron chi connectivity index (χ4n) is 4.11. The number of nitrogens with two attached hydrogens (primary N) is 1. The quantitative estimate of drug-likeness (QED) is 0.904. The van der Waals surface area contributed by atoms with E-state index in [0.717, 1.165) is 43.5 Å². The Bertz CT molecular complexity index is 635. The van der Waals surface area contributed by atoms with E-state index in [-0.39, 0.29) is 17.7 Å². The van der Waals surface area contributed by atoms with Gasteiger partial charge in [-0.05, 0) is 44.1 Å². The zero-order valence-electron chi connectivity index (χ0n) is 16.0. The Morgan fingerprint density at radius 2 is 1.69 bits per heavy atom. The third-order valence-electron chi connectivity index (χ3n) is 5.83. The molecule has 142 valence electrons. The second-order valence-corrected chi connectivity index (χ2v) is 8.02. The first-order valence-electron chi connectivity index (χ1n) is 9.85. The highest BCUT2D eigenvalue weighted by molar-refractivity contribution is 5.84. The average molecular weight is 357 g/mol. The minimum Gasteiger partial charge on any atom is -0.342 e. The number of nitrogens with zero attached hydrogens (tertiary/aromatic N) is 2. The zero-order valence-corrected chi connectivity index (χ0v) is 16.0. The molecule has 2 amide bonds. The first-order chi connectivity index (χ1) is 12.5. The lowest BCUT2D eigenvalue weighted by atomic mass is 9.92. The lowest BCUT2D eigenvalue weighted by molar-refractivity contribution is -0.142. The minimum absolute atomic E-state index is 0.0358. The van der Waals surface area contributed by atoms with Crippen LogP contribution in [0.15, 0.2) is 24.3 Å². The molecule has 2 saturated heterocycles. The number of aryl methyl sites for hydroxylation is 1. The number of carbonyl (C=O) groups is 2. The molecule has 0 bridgehead atoms. The van der Waals surface area contributed by atoms with Gasteiger partial charge in [-0.3, -0.25) is 9.59 Å². The van der Waals surface area contributed by atoms with E-state index >= 15 is 0 Å². The first kappa shape index (κ1) is 18.9. The van der Waals surface area contributed by atoms with Crippen molar-refractivity contribution in [3.8, 4) is 0 Å². The van der Waals surface area contributed by atoms with Gasteiger partial charge >= 0.3 is 0 Å². The van der Waals surface area contributed by atoms with Gasteiger partial charge < -0.3 is 15.5 Å². The van der Waals surface area contributed by atoms with Crippen LogP contribution in [0.3, 0.4) is 0 Å². The zero-order chi connectivity index (χ0) is 18.7. The van der Waals surface area contributed by atoms with E-state index in [1.54, 1.807) is 0 Å². The molecule has 2 heterocycles. The Labute approximate surface area is 156 Å². The highest BCUT2D eigenvalue weighted by atomic mass is 16.2. The van der Waals surface area contributed by atoms with Gasteiger partial charge in [-0.15, -0.1) is 0 Å². The normalized spacial score (nSPS) is 23.0. The Balaban J connectivity index is 1.53. The molecule has 0 aliphatic carbocycles. The van der Waals surface area contributed by atoms with Crippen LogP contribution in [0, 0.1) is 18.8 Å². The summed E-state index contributed by atoms with van der Waals surface area (Å²) in [5, 5.41) is 0. The number of piperidine rings is 2. The summed E-state index contributed by atoms with van der Waals surface area (Å²) < 4.78 is 0. The van der Waals surface area contributed by atoms with Crippen LogP contribution in [0.25, 0.3) is 0 Å². The van der Waals surface area contributed by atoms with E-state index in [0.29, 0.717) is 19.0 Å². The van der Waals surface area contributed by atoms with Crippen LogP contribution in [0.1, 0.15) is 49.8 Å². The van der Waals surface area contributed by atoms with E-state index in [1.165, 1.54) is 6.42 Å². The van der Waals surface area contributed by atoms with Crippen LogP contribution in [0.4, 0.5) is 0 Å². The van der Waals surface area contributed by atoms with E-state index in [9.17, 15) is 9.59 Å². The maximum atomic E-state index is 12.8. The monoisotopic (exact) mass is 357 g/mol. The largest absolute Gasteiger partial charge is 0.342 e. The van der Waals surface area contributed by atoms with Crippen molar-refractivity contribution in [2.45, 2.75) is 45.6 Å². The Morgan fingerprint density at radius 3 is 2.31 bits per heavy atom. The number of rotatable bonds is 3. The number of carbonyl (C=O) groups excluding carboxylic acids is 2. The summed E-state index contributed by atoms with van der Waals surface area (Å²) in [7, 11) is 0. The Morgan fingerprint density at radius 1 is 1.04 bits per heavy atom. The van der Waals surface area contributed by atoms with Crippen molar-refractivity contribution in [1.82, 2.24) is 9.80 Å². The predicted molar refractivity (Wildman–Crippen MR) is 102 cm³/mol. The third-order valence-corrected chi connectivity index (χ3v) is 5.83. The van der Waals surface area contributed by atoms with Crippen LogP contribution in [-0.4, -0.2) is 47.8 Å². The summed E-state index contributed by atoms with van der Waals surface area (Å²) >= 11 is 0. The number of hydrogen-bond donors (Lipinski definition) is 1. The lowest BCUT2D eigenvalue weighted by Gasteiger charge is -2.37. The topological polar surface area (TPSA) is 66.6 Å². The number of benzene rings is 1. The summed E-state index contributed by atoms with van der Waals surface area (Å²) in [5.74, 6) is 0.902. The van der Waals surface area contributed by atoms with Crippen LogP contribution >= 0.6 is 0 Å². The third kappa shape index (κ3) is 4.26. The first-order valence-corrected chi connectivity index (χ1v) is 9.85. The van der Waals surface area contributed by atoms with Crippen molar-refractivity contribution in [3.63, 3.8) is 0 Å². The molecular weight excluding hydrogens is 326 g/mol. The molecule has 1 aromatic rings. The molecule has 26 heavy (non-hydrogen) atoms. The number of amides is 2. The lowest BCUT2D eigenvalue weighted by Crippen LogP contribution is -2.48. The highest BCUT2D eigenvalue weighted by Gasteiger charge is 2.33. The summed E-state index contributed by atoms with van der Waals surface area (Å²) in [5.41, 5.74) is 8.18. The molecule has 2 unspecified atom stereocenters. The van der Waals surface area contributed by atoms with E-state index in [4.69, 9.17) is 5.73 Å². The van der Waals surface area contributed by atoms with Crippen molar-refractivity contribution in [2.75, 3.05) is 26.2 Å². The predicted octanol–water partition coefficient (Wildman–Crippen LogP) is 2.49. The van der Waals surface area contributed by atoms with Crippen LogP contribution in [-0.2, 0) is 9.59 Å². The van der Waals surface area contributed by atoms with E-state index < -0.39 is 6.04 Å². The minimum atomic E-state index is -0.620. The summed E-state index contributed by atoms with van der Waals surface area (Å²) in [6.45, 7) is 7.25. The van der Waals surface area contributed by atoms with E-state index in [2.05, 4.69) is 6.92 Å². The molecular formula is C21H31N3O2. The van der Waals surface area contributed by atoms with E-state index in [1.807, 2.05) is 41.0 Å². The van der Waals surface area contributed by atoms with Crippen molar-refractivity contribution >= 4 is 11.8 Å². The second-order valence-electron chi connectivity index (χ2n) is 8.02. The van der Waals surface area contributed by atoms with Crippen molar-refractivity contribution in [3.05, 3.63) is 35.4 Å². The van der Waals surface area contributed by atoms with Gasteiger partial charge in [-0.25, -0.2) is 0 Å².